The summed E-state index contributed by atoms with van der Waals surface area (Å²) in [5, 5.41) is 10.6. The van der Waals surface area contributed by atoms with E-state index in [0.29, 0.717) is 12.1 Å². The number of esters is 1. The lowest BCUT2D eigenvalue weighted by Crippen LogP contribution is -2.44. The van der Waals surface area contributed by atoms with Gasteiger partial charge in [-0.1, -0.05) is 12.1 Å². The second-order valence-corrected chi connectivity index (χ2v) is 5.59. The first-order valence-electron chi connectivity index (χ1n) is 6.55. The topological polar surface area (TPSA) is 86.1 Å². The molecule has 1 unspecified atom stereocenters. The number of hydrogen-bond donors (Lipinski definition) is 1. The Morgan fingerprint density at radius 2 is 2.00 bits per heavy atom. The van der Waals surface area contributed by atoms with Gasteiger partial charge in [0.1, 0.15) is 6.04 Å². The number of carbonyl (C=O) groups is 2. The van der Waals surface area contributed by atoms with Gasteiger partial charge in [-0.25, -0.2) is 9.48 Å². The maximum atomic E-state index is 12.2. The summed E-state index contributed by atoms with van der Waals surface area (Å²) in [5.41, 5.74) is 0.419. The van der Waals surface area contributed by atoms with E-state index >= 15 is 0 Å². The minimum Gasteiger partial charge on any atom is -0.464 e. The summed E-state index contributed by atoms with van der Waals surface area (Å²) in [7, 11) is 1.29. The van der Waals surface area contributed by atoms with Gasteiger partial charge in [0.05, 0.1) is 12.8 Å². The van der Waals surface area contributed by atoms with Crippen LogP contribution in [0.2, 0.25) is 0 Å². The quantitative estimate of drug-likeness (QED) is 0.836. The molecule has 20 heavy (non-hydrogen) atoms. The minimum absolute atomic E-state index is 0.158. The Morgan fingerprint density at radius 1 is 1.40 bits per heavy atom. The van der Waals surface area contributed by atoms with Crippen LogP contribution in [0, 0.1) is 0 Å². The van der Waals surface area contributed by atoms with Gasteiger partial charge < -0.3 is 10.1 Å². The molecule has 0 aliphatic carbocycles. The summed E-state index contributed by atoms with van der Waals surface area (Å²) in [6.45, 7) is 9.30. The number of hydrogen-bond acceptors (Lipinski definition) is 5. The van der Waals surface area contributed by atoms with Crippen LogP contribution >= 0.6 is 0 Å². The number of carbonyl (C=O) groups excluding carboxylic acids is 2. The van der Waals surface area contributed by atoms with Crippen LogP contribution in [0.4, 0.5) is 0 Å². The third kappa shape index (κ3) is 3.55. The van der Waals surface area contributed by atoms with Gasteiger partial charge >= 0.3 is 5.97 Å². The molecular weight excluding hydrogens is 260 g/mol. The van der Waals surface area contributed by atoms with E-state index in [4.69, 9.17) is 0 Å². The molecule has 0 aromatic carbocycles. The number of aromatic nitrogens is 3. The Balaban J connectivity index is 3.05. The predicted octanol–water partition coefficient (Wildman–Crippen LogP) is 1.10. The smallest absolute Gasteiger partial charge is 0.360 e. The second-order valence-electron chi connectivity index (χ2n) is 5.59. The first-order chi connectivity index (χ1) is 9.21. The molecule has 0 radical (unpaired) electrons. The molecule has 0 aliphatic rings. The minimum atomic E-state index is -0.546. The van der Waals surface area contributed by atoms with E-state index in [2.05, 4.69) is 20.4 Å². The van der Waals surface area contributed by atoms with Crippen molar-refractivity contribution in [3.63, 3.8) is 0 Å². The van der Waals surface area contributed by atoms with Crippen LogP contribution in [-0.4, -0.2) is 39.5 Å². The molecule has 1 aromatic heterocycles. The van der Waals surface area contributed by atoms with Gasteiger partial charge in [-0.2, -0.15) is 0 Å². The van der Waals surface area contributed by atoms with Crippen molar-refractivity contribution in [3.8, 4) is 0 Å². The highest BCUT2D eigenvalue weighted by molar-refractivity contribution is 5.88. The normalized spacial score (nSPS) is 12.9. The zero-order valence-corrected chi connectivity index (χ0v) is 12.9. The summed E-state index contributed by atoms with van der Waals surface area (Å²) in [5.74, 6) is -0.718. The molecule has 7 heteroatoms. The van der Waals surface area contributed by atoms with Crippen LogP contribution in [0.1, 0.15) is 56.8 Å². The lowest BCUT2D eigenvalue weighted by atomic mass is 10.1. The van der Waals surface area contributed by atoms with Crippen molar-refractivity contribution >= 4 is 11.9 Å². The van der Waals surface area contributed by atoms with E-state index in [9.17, 15) is 9.59 Å². The fraction of sp³-hybridized carbons (Fsp3) is 0.692. The zero-order chi connectivity index (χ0) is 15.5. The molecule has 0 spiro atoms. The van der Waals surface area contributed by atoms with E-state index in [1.54, 1.807) is 6.92 Å². The Bertz CT molecular complexity index is 502. The van der Waals surface area contributed by atoms with Crippen molar-refractivity contribution in [2.45, 2.75) is 52.6 Å². The predicted molar refractivity (Wildman–Crippen MR) is 73.3 cm³/mol. The van der Waals surface area contributed by atoms with Gasteiger partial charge in [-0.15, -0.1) is 5.10 Å². The van der Waals surface area contributed by atoms with Gasteiger partial charge in [0, 0.05) is 5.54 Å². The Morgan fingerprint density at radius 3 is 2.45 bits per heavy atom. The van der Waals surface area contributed by atoms with E-state index in [1.165, 1.54) is 11.8 Å². The van der Waals surface area contributed by atoms with Crippen molar-refractivity contribution in [1.29, 1.82) is 0 Å². The van der Waals surface area contributed by atoms with Crippen LogP contribution in [0.5, 0.6) is 0 Å². The molecule has 0 fully saturated rings. The number of methoxy groups -OCH3 is 1. The van der Waals surface area contributed by atoms with E-state index in [1.807, 2.05) is 27.7 Å². The third-order valence-corrected chi connectivity index (χ3v) is 2.75. The number of nitrogens with one attached hydrogen (secondary N) is 1. The highest BCUT2D eigenvalue weighted by Crippen LogP contribution is 2.15. The number of rotatable bonds is 4. The fourth-order valence-electron chi connectivity index (χ4n) is 1.79. The molecule has 1 N–H and O–H groups in total. The standard InChI is InChI=1S/C13H22N4O3/c1-7-9-10(12(19)20-6)15-16-17(9)8(2)11(18)14-13(3,4)5/h8H,7H2,1-6H3,(H,14,18). The van der Waals surface area contributed by atoms with Gasteiger partial charge in [0.2, 0.25) is 5.91 Å². The van der Waals surface area contributed by atoms with Crippen LogP contribution in [0.3, 0.4) is 0 Å². The van der Waals surface area contributed by atoms with Crippen LogP contribution < -0.4 is 5.32 Å². The highest BCUT2D eigenvalue weighted by atomic mass is 16.5. The highest BCUT2D eigenvalue weighted by Gasteiger charge is 2.26. The van der Waals surface area contributed by atoms with Crippen molar-refractivity contribution in [3.05, 3.63) is 11.4 Å². The van der Waals surface area contributed by atoms with E-state index in [-0.39, 0.29) is 17.1 Å². The molecule has 1 aromatic rings. The molecular formula is C13H22N4O3. The fourth-order valence-corrected chi connectivity index (χ4v) is 1.79. The second kappa shape index (κ2) is 6.02. The Labute approximate surface area is 118 Å². The monoisotopic (exact) mass is 282 g/mol. The largest absolute Gasteiger partial charge is 0.464 e. The SMILES string of the molecule is CCc1c(C(=O)OC)nnn1C(C)C(=O)NC(C)(C)C. The van der Waals surface area contributed by atoms with Crippen molar-refractivity contribution < 1.29 is 14.3 Å². The lowest BCUT2D eigenvalue weighted by molar-refractivity contribution is -0.125. The number of amides is 1. The number of ether oxygens (including phenoxy) is 1. The van der Waals surface area contributed by atoms with Gasteiger partial charge in [-0.3, -0.25) is 4.79 Å². The average Bonchev–Trinajstić information content (AvgIpc) is 2.78. The van der Waals surface area contributed by atoms with Gasteiger partial charge in [-0.05, 0) is 34.1 Å². The van der Waals surface area contributed by atoms with Crippen molar-refractivity contribution in [2.24, 2.45) is 0 Å². The summed E-state index contributed by atoms with van der Waals surface area (Å²) in [6, 6.07) is -0.546. The first kappa shape index (κ1) is 16.1. The average molecular weight is 282 g/mol. The molecule has 0 saturated carbocycles. The molecule has 7 nitrogen and oxygen atoms in total. The Kier molecular flexibility index (Phi) is 4.86. The maximum absolute atomic E-state index is 12.2. The van der Waals surface area contributed by atoms with Crippen LogP contribution in [-0.2, 0) is 16.0 Å². The molecule has 1 heterocycles. The summed E-state index contributed by atoms with van der Waals surface area (Å²) in [6.07, 6.45) is 0.532. The molecule has 1 amide bonds. The van der Waals surface area contributed by atoms with Crippen LogP contribution in [0.25, 0.3) is 0 Å². The van der Waals surface area contributed by atoms with E-state index in [0.717, 1.165) is 0 Å². The molecule has 112 valence electrons. The summed E-state index contributed by atoms with van der Waals surface area (Å²) >= 11 is 0. The lowest BCUT2D eigenvalue weighted by Gasteiger charge is -2.23. The maximum Gasteiger partial charge on any atom is 0.360 e. The zero-order valence-electron chi connectivity index (χ0n) is 12.9. The van der Waals surface area contributed by atoms with Crippen LogP contribution in [0.15, 0.2) is 0 Å². The van der Waals surface area contributed by atoms with Crippen molar-refractivity contribution in [2.75, 3.05) is 7.11 Å². The van der Waals surface area contributed by atoms with Crippen molar-refractivity contribution in [1.82, 2.24) is 20.3 Å². The summed E-state index contributed by atoms with van der Waals surface area (Å²) < 4.78 is 6.12. The van der Waals surface area contributed by atoms with Gasteiger partial charge in [0.15, 0.2) is 5.69 Å². The molecule has 0 saturated heterocycles. The number of nitrogens with zero attached hydrogens (tertiary/aromatic N) is 3. The molecule has 1 atom stereocenters. The Hall–Kier alpha value is -1.92. The van der Waals surface area contributed by atoms with Gasteiger partial charge in [0.25, 0.3) is 0 Å². The molecule has 0 bridgehead atoms. The first-order valence-corrected chi connectivity index (χ1v) is 6.55. The van der Waals surface area contributed by atoms with E-state index < -0.39 is 12.0 Å². The third-order valence-electron chi connectivity index (χ3n) is 2.75. The molecule has 0 aliphatic heterocycles. The summed E-state index contributed by atoms with van der Waals surface area (Å²) in [4.78, 5) is 23.7. The molecule has 1 rings (SSSR count).